The summed E-state index contributed by atoms with van der Waals surface area (Å²) in [6.45, 7) is 2.32. The van der Waals surface area contributed by atoms with Gasteiger partial charge in [0.1, 0.15) is 0 Å². The van der Waals surface area contributed by atoms with Crippen molar-refractivity contribution in [3.63, 3.8) is 0 Å². The third-order valence-corrected chi connectivity index (χ3v) is 3.11. The Hall–Kier alpha value is -0.0800. The molecule has 1 aliphatic rings. The molecule has 0 amide bonds. The molecule has 1 saturated carbocycles. The Morgan fingerprint density at radius 3 is 2.54 bits per heavy atom. The van der Waals surface area contributed by atoms with E-state index in [1.54, 1.807) is 0 Å². The van der Waals surface area contributed by atoms with Crippen molar-refractivity contribution in [2.75, 3.05) is 14.1 Å². The monoisotopic (exact) mass is 184 g/mol. The lowest BCUT2D eigenvalue weighted by atomic mass is 9.98. The zero-order valence-electron chi connectivity index (χ0n) is 9.34. The lowest BCUT2D eigenvalue weighted by molar-refractivity contribution is 0.226. The van der Waals surface area contributed by atoms with Crippen LogP contribution in [-0.4, -0.2) is 25.1 Å². The minimum atomic E-state index is 0.728. The molecule has 78 valence electrons. The Morgan fingerprint density at radius 1 is 1.15 bits per heavy atom. The van der Waals surface area contributed by atoms with Crippen LogP contribution in [0.3, 0.4) is 0 Å². The summed E-state index contributed by atoms with van der Waals surface area (Å²) in [6, 6.07) is 0.728. The van der Waals surface area contributed by atoms with Crippen molar-refractivity contribution >= 4 is 0 Å². The van der Waals surface area contributed by atoms with Gasteiger partial charge in [0.2, 0.25) is 0 Å². The van der Waals surface area contributed by atoms with Gasteiger partial charge in [-0.15, -0.1) is 0 Å². The molecular formula is C11H24N2. The van der Waals surface area contributed by atoms with E-state index in [4.69, 9.17) is 0 Å². The average Bonchev–Trinajstić information content (AvgIpc) is 2.29. The van der Waals surface area contributed by atoms with Gasteiger partial charge in [0, 0.05) is 20.1 Å². The Bertz CT molecular complexity index is 134. The van der Waals surface area contributed by atoms with Gasteiger partial charge in [-0.3, -0.25) is 10.4 Å². The first-order valence-corrected chi connectivity index (χ1v) is 5.66. The smallest absolute Gasteiger partial charge is 0.0215 e. The van der Waals surface area contributed by atoms with Crippen LogP contribution in [0.15, 0.2) is 0 Å². The number of nitrogens with one attached hydrogen (secondary N) is 1. The molecule has 2 unspecified atom stereocenters. The number of hydrogen-bond acceptors (Lipinski definition) is 2. The van der Waals surface area contributed by atoms with Crippen LogP contribution >= 0.6 is 0 Å². The summed E-state index contributed by atoms with van der Waals surface area (Å²) in [4.78, 5) is 0. The molecule has 13 heavy (non-hydrogen) atoms. The predicted molar refractivity (Wildman–Crippen MR) is 57.5 cm³/mol. The normalized spacial score (nSPS) is 30.5. The van der Waals surface area contributed by atoms with E-state index in [2.05, 4.69) is 31.5 Å². The van der Waals surface area contributed by atoms with Crippen LogP contribution < -0.4 is 5.43 Å². The Morgan fingerprint density at radius 2 is 1.92 bits per heavy atom. The van der Waals surface area contributed by atoms with Crippen molar-refractivity contribution in [2.45, 2.75) is 51.5 Å². The fourth-order valence-electron chi connectivity index (χ4n) is 2.28. The summed E-state index contributed by atoms with van der Waals surface area (Å²) < 4.78 is 0. The molecule has 1 aliphatic carbocycles. The first-order valence-electron chi connectivity index (χ1n) is 5.66. The van der Waals surface area contributed by atoms with Gasteiger partial charge >= 0.3 is 0 Å². The zero-order chi connectivity index (χ0) is 9.68. The zero-order valence-corrected chi connectivity index (χ0v) is 9.34. The fourth-order valence-corrected chi connectivity index (χ4v) is 2.28. The van der Waals surface area contributed by atoms with E-state index in [9.17, 15) is 0 Å². The molecule has 1 N–H and O–H groups in total. The summed E-state index contributed by atoms with van der Waals surface area (Å²) in [6.07, 6.45) is 8.36. The standard InChI is InChI=1S/C11H24N2/c1-4-10-6-5-7-11(9-8-10)12-13(2)3/h10-12H,4-9H2,1-3H3. The summed E-state index contributed by atoms with van der Waals surface area (Å²) in [5, 5.41) is 2.09. The van der Waals surface area contributed by atoms with Gasteiger partial charge in [-0.25, -0.2) is 0 Å². The number of hydrogen-bond donors (Lipinski definition) is 1. The van der Waals surface area contributed by atoms with E-state index >= 15 is 0 Å². The maximum atomic E-state index is 3.50. The quantitative estimate of drug-likeness (QED) is 0.535. The molecule has 0 aromatic heterocycles. The molecule has 1 rings (SSSR count). The van der Waals surface area contributed by atoms with Crippen LogP contribution in [0.4, 0.5) is 0 Å². The second-order valence-corrected chi connectivity index (χ2v) is 4.50. The molecule has 0 aromatic carbocycles. The molecule has 0 spiro atoms. The van der Waals surface area contributed by atoms with Gasteiger partial charge in [-0.05, 0) is 25.2 Å². The van der Waals surface area contributed by atoms with Gasteiger partial charge < -0.3 is 0 Å². The third-order valence-electron chi connectivity index (χ3n) is 3.11. The maximum Gasteiger partial charge on any atom is 0.0215 e. The molecule has 0 aliphatic heterocycles. The molecule has 0 aromatic rings. The van der Waals surface area contributed by atoms with Crippen LogP contribution in [0.25, 0.3) is 0 Å². The van der Waals surface area contributed by atoms with Crippen LogP contribution in [-0.2, 0) is 0 Å². The molecule has 0 saturated heterocycles. The predicted octanol–water partition coefficient (Wildman–Crippen LogP) is 2.41. The number of nitrogens with zero attached hydrogens (tertiary/aromatic N) is 1. The second-order valence-electron chi connectivity index (χ2n) is 4.50. The first kappa shape index (κ1) is 11.0. The Balaban J connectivity index is 2.27. The highest BCUT2D eigenvalue weighted by Crippen LogP contribution is 2.25. The van der Waals surface area contributed by atoms with Gasteiger partial charge in [0.05, 0.1) is 0 Å². The van der Waals surface area contributed by atoms with Gasteiger partial charge in [-0.1, -0.05) is 26.2 Å². The molecule has 0 radical (unpaired) electrons. The third kappa shape index (κ3) is 4.10. The van der Waals surface area contributed by atoms with Crippen molar-refractivity contribution in [3.8, 4) is 0 Å². The van der Waals surface area contributed by atoms with Crippen LogP contribution in [0, 0.1) is 5.92 Å². The number of hydrazine groups is 1. The van der Waals surface area contributed by atoms with Crippen molar-refractivity contribution in [3.05, 3.63) is 0 Å². The lowest BCUT2D eigenvalue weighted by Gasteiger charge is -2.21. The van der Waals surface area contributed by atoms with E-state index < -0.39 is 0 Å². The molecule has 2 nitrogen and oxygen atoms in total. The van der Waals surface area contributed by atoms with Gasteiger partial charge in [0.15, 0.2) is 0 Å². The van der Waals surface area contributed by atoms with Gasteiger partial charge in [0.25, 0.3) is 0 Å². The van der Waals surface area contributed by atoms with E-state index in [-0.39, 0.29) is 0 Å². The summed E-state index contributed by atoms with van der Waals surface area (Å²) in [5.74, 6) is 0.994. The summed E-state index contributed by atoms with van der Waals surface area (Å²) in [7, 11) is 4.17. The Labute approximate surface area is 82.7 Å². The van der Waals surface area contributed by atoms with Crippen LogP contribution in [0.2, 0.25) is 0 Å². The lowest BCUT2D eigenvalue weighted by Crippen LogP contribution is -2.39. The fraction of sp³-hybridized carbons (Fsp3) is 1.00. The molecule has 0 bridgehead atoms. The highest BCUT2D eigenvalue weighted by atomic mass is 15.5. The van der Waals surface area contributed by atoms with Crippen molar-refractivity contribution in [1.82, 2.24) is 10.4 Å². The van der Waals surface area contributed by atoms with E-state index in [1.807, 2.05) is 0 Å². The first-order chi connectivity index (χ1) is 6.22. The highest BCUT2D eigenvalue weighted by molar-refractivity contribution is 4.72. The SMILES string of the molecule is CCC1CCCC(NN(C)C)CC1. The maximum absolute atomic E-state index is 3.50. The average molecular weight is 184 g/mol. The topological polar surface area (TPSA) is 15.3 Å². The van der Waals surface area contributed by atoms with Crippen molar-refractivity contribution < 1.29 is 0 Å². The van der Waals surface area contributed by atoms with E-state index in [1.165, 1.54) is 38.5 Å². The largest absolute Gasteiger partial charge is 0.253 e. The van der Waals surface area contributed by atoms with Crippen molar-refractivity contribution in [2.24, 2.45) is 5.92 Å². The van der Waals surface area contributed by atoms with Crippen LogP contribution in [0.1, 0.15) is 45.4 Å². The molecular weight excluding hydrogens is 160 g/mol. The minimum Gasteiger partial charge on any atom is -0.253 e. The van der Waals surface area contributed by atoms with Gasteiger partial charge in [-0.2, -0.15) is 0 Å². The molecule has 0 heterocycles. The van der Waals surface area contributed by atoms with Crippen molar-refractivity contribution in [1.29, 1.82) is 0 Å². The molecule has 2 atom stereocenters. The molecule has 1 fully saturated rings. The number of rotatable bonds is 3. The van der Waals surface area contributed by atoms with E-state index in [0.29, 0.717) is 0 Å². The molecule has 2 heteroatoms. The second kappa shape index (κ2) is 5.61. The minimum absolute atomic E-state index is 0.728. The van der Waals surface area contributed by atoms with Crippen LogP contribution in [0.5, 0.6) is 0 Å². The van der Waals surface area contributed by atoms with E-state index in [0.717, 1.165) is 12.0 Å². The highest BCUT2D eigenvalue weighted by Gasteiger charge is 2.17. The Kier molecular flexibility index (Phi) is 4.74. The summed E-state index contributed by atoms with van der Waals surface area (Å²) in [5.41, 5.74) is 3.50. The summed E-state index contributed by atoms with van der Waals surface area (Å²) >= 11 is 0.